The maximum atomic E-state index is 13.6. The van der Waals surface area contributed by atoms with Crippen LogP contribution in [0.1, 0.15) is 27.6 Å². The molecule has 5 rings (SSSR count). The van der Waals surface area contributed by atoms with Crippen molar-refractivity contribution in [3.63, 3.8) is 0 Å². The van der Waals surface area contributed by atoms with E-state index in [1.165, 1.54) is 35.5 Å². The molecule has 11 heteroatoms. The first kappa shape index (κ1) is 31.0. The normalized spacial score (nSPS) is 17.0. The van der Waals surface area contributed by atoms with Gasteiger partial charge in [0.25, 0.3) is 11.8 Å². The number of aliphatic hydroxyl groups is 1. The number of benzene rings is 4. The fourth-order valence-electron chi connectivity index (χ4n) is 5.34. The van der Waals surface area contributed by atoms with Gasteiger partial charge in [0.2, 0.25) is 10.0 Å². The van der Waals surface area contributed by atoms with E-state index in [4.69, 9.17) is 9.47 Å². The van der Waals surface area contributed by atoms with Crippen molar-refractivity contribution in [2.75, 3.05) is 45.7 Å². The Kier molecular flexibility index (Phi) is 9.19. The van der Waals surface area contributed by atoms with Crippen LogP contribution >= 0.6 is 0 Å². The third-order valence-electron chi connectivity index (χ3n) is 7.80. The smallest absolute Gasteiger partial charge is 0.257 e. The molecule has 0 saturated carbocycles. The molecule has 4 aromatic carbocycles. The number of ether oxygens (including phenoxy) is 2. The molecule has 0 aliphatic carbocycles. The second-order valence-electron chi connectivity index (χ2n) is 10.7. The first-order chi connectivity index (χ1) is 21.1. The summed E-state index contributed by atoms with van der Waals surface area (Å²) in [5.74, 6) is -0.411. The molecule has 10 nitrogen and oxygen atoms in total. The van der Waals surface area contributed by atoms with E-state index in [9.17, 15) is 23.1 Å². The minimum absolute atomic E-state index is 0.0400. The van der Waals surface area contributed by atoms with E-state index in [0.717, 1.165) is 10.8 Å². The SMILES string of the molecule is COc1ccc(S(=O)(=O)N(C)C[C@@H]2Oc3c(NC(=O)c4cccc5ccccc45)cccc3C(=O)N(CCO)CC2C)cc1. The lowest BCUT2D eigenvalue weighted by atomic mass is 10.00. The summed E-state index contributed by atoms with van der Waals surface area (Å²) < 4.78 is 39.8. The highest BCUT2D eigenvalue weighted by Crippen LogP contribution is 2.35. The Morgan fingerprint density at radius 3 is 2.48 bits per heavy atom. The third kappa shape index (κ3) is 6.26. The van der Waals surface area contributed by atoms with Gasteiger partial charge in [0.15, 0.2) is 5.75 Å². The summed E-state index contributed by atoms with van der Waals surface area (Å²) in [7, 11) is -0.921. The monoisotopic (exact) mass is 617 g/mol. The molecule has 0 bridgehead atoms. The lowest BCUT2D eigenvalue weighted by Crippen LogP contribution is -2.48. The number of nitrogens with one attached hydrogen (secondary N) is 1. The van der Waals surface area contributed by atoms with Gasteiger partial charge in [0, 0.05) is 31.6 Å². The molecule has 0 fully saturated rings. The number of carbonyl (C=O) groups excluding carboxylic acids is 2. The Balaban J connectivity index is 1.50. The van der Waals surface area contributed by atoms with Gasteiger partial charge in [-0.1, -0.05) is 49.4 Å². The van der Waals surface area contributed by atoms with Crippen LogP contribution in [0.3, 0.4) is 0 Å². The molecule has 1 heterocycles. The number of aliphatic hydroxyl groups excluding tert-OH is 1. The first-order valence-corrected chi connectivity index (χ1v) is 15.7. The Labute approximate surface area is 256 Å². The predicted molar refractivity (Wildman–Crippen MR) is 168 cm³/mol. The highest BCUT2D eigenvalue weighted by atomic mass is 32.2. The highest BCUT2D eigenvalue weighted by molar-refractivity contribution is 7.89. The summed E-state index contributed by atoms with van der Waals surface area (Å²) in [5, 5.41) is 14.3. The molecule has 2 atom stereocenters. The van der Waals surface area contributed by atoms with Gasteiger partial charge >= 0.3 is 0 Å². The molecule has 2 N–H and O–H groups in total. The third-order valence-corrected chi connectivity index (χ3v) is 9.64. The molecular weight excluding hydrogens is 582 g/mol. The van der Waals surface area contributed by atoms with E-state index in [-0.39, 0.29) is 65.9 Å². The lowest BCUT2D eigenvalue weighted by molar-refractivity contribution is 0.0511. The van der Waals surface area contributed by atoms with Crippen molar-refractivity contribution < 1.29 is 32.6 Å². The van der Waals surface area contributed by atoms with Crippen molar-refractivity contribution in [2.24, 2.45) is 5.92 Å². The van der Waals surface area contributed by atoms with E-state index >= 15 is 0 Å². The van der Waals surface area contributed by atoms with Crippen LogP contribution in [0, 0.1) is 5.92 Å². The van der Waals surface area contributed by atoms with Gasteiger partial charge in [-0.05, 0) is 53.2 Å². The molecule has 0 spiro atoms. The number of anilines is 1. The second kappa shape index (κ2) is 13.0. The summed E-state index contributed by atoms with van der Waals surface area (Å²) in [6, 6.07) is 24.0. The van der Waals surface area contributed by atoms with Crippen LogP contribution in [0.5, 0.6) is 11.5 Å². The topological polar surface area (TPSA) is 125 Å². The first-order valence-electron chi connectivity index (χ1n) is 14.2. The summed E-state index contributed by atoms with van der Waals surface area (Å²) in [6.07, 6.45) is -0.711. The zero-order chi connectivity index (χ0) is 31.4. The molecule has 4 aromatic rings. The Bertz CT molecular complexity index is 1770. The zero-order valence-electron chi connectivity index (χ0n) is 24.8. The van der Waals surface area contributed by atoms with Crippen LogP contribution in [0.2, 0.25) is 0 Å². The van der Waals surface area contributed by atoms with Crippen molar-refractivity contribution in [1.29, 1.82) is 0 Å². The maximum Gasteiger partial charge on any atom is 0.257 e. The Hall–Kier alpha value is -4.45. The van der Waals surface area contributed by atoms with Gasteiger partial charge in [-0.15, -0.1) is 0 Å². The van der Waals surface area contributed by atoms with E-state index in [1.54, 1.807) is 42.5 Å². The minimum Gasteiger partial charge on any atom is -0.497 e. The van der Waals surface area contributed by atoms with Gasteiger partial charge in [-0.3, -0.25) is 9.59 Å². The molecule has 1 aliphatic rings. The van der Waals surface area contributed by atoms with Crippen LogP contribution in [0.15, 0.2) is 89.8 Å². The average Bonchev–Trinajstić information content (AvgIpc) is 3.03. The number of β-amino-alcohol motifs (C(OH)–C–C–N with tert-alkyl or cyclic N) is 1. The molecule has 1 unspecified atom stereocenters. The average molecular weight is 618 g/mol. The Morgan fingerprint density at radius 2 is 1.75 bits per heavy atom. The quantitative estimate of drug-likeness (QED) is 0.288. The van der Waals surface area contributed by atoms with Gasteiger partial charge < -0.3 is 24.8 Å². The summed E-state index contributed by atoms with van der Waals surface area (Å²) >= 11 is 0. The molecule has 230 valence electrons. The van der Waals surface area contributed by atoms with E-state index in [2.05, 4.69) is 5.32 Å². The molecule has 0 aromatic heterocycles. The Morgan fingerprint density at radius 1 is 1.05 bits per heavy atom. The summed E-state index contributed by atoms with van der Waals surface area (Å²) in [6.45, 7) is 1.89. The van der Waals surface area contributed by atoms with Gasteiger partial charge in [-0.25, -0.2) is 8.42 Å². The van der Waals surface area contributed by atoms with Gasteiger partial charge in [0.1, 0.15) is 11.9 Å². The number of nitrogens with zero attached hydrogens (tertiary/aromatic N) is 2. The number of amides is 2. The number of carbonyl (C=O) groups is 2. The van der Waals surface area contributed by atoms with Crippen molar-refractivity contribution in [3.8, 4) is 11.5 Å². The maximum absolute atomic E-state index is 13.6. The number of hydrogen-bond acceptors (Lipinski definition) is 7. The number of methoxy groups -OCH3 is 1. The van der Waals surface area contributed by atoms with Crippen LogP contribution in [-0.4, -0.2) is 81.0 Å². The fourth-order valence-corrected chi connectivity index (χ4v) is 6.52. The van der Waals surface area contributed by atoms with Crippen LogP contribution in [-0.2, 0) is 10.0 Å². The van der Waals surface area contributed by atoms with Gasteiger partial charge in [0.05, 0.1) is 36.4 Å². The van der Waals surface area contributed by atoms with E-state index < -0.39 is 16.1 Å². The molecule has 2 amide bonds. The van der Waals surface area contributed by atoms with Crippen LogP contribution in [0.4, 0.5) is 5.69 Å². The van der Waals surface area contributed by atoms with Crippen molar-refractivity contribution in [3.05, 3.63) is 96.1 Å². The van der Waals surface area contributed by atoms with E-state index in [0.29, 0.717) is 11.3 Å². The minimum atomic E-state index is -3.90. The van der Waals surface area contributed by atoms with Crippen LogP contribution in [0.25, 0.3) is 10.8 Å². The molecule has 0 radical (unpaired) electrons. The number of rotatable bonds is 9. The van der Waals surface area contributed by atoms with Crippen molar-refractivity contribution >= 4 is 38.3 Å². The molecular formula is C33H35N3O7S. The number of hydrogen-bond donors (Lipinski definition) is 2. The van der Waals surface area contributed by atoms with Crippen molar-refractivity contribution in [1.82, 2.24) is 9.21 Å². The van der Waals surface area contributed by atoms with Gasteiger partial charge in [-0.2, -0.15) is 4.31 Å². The second-order valence-corrected chi connectivity index (χ2v) is 12.8. The predicted octanol–water partition coefficient (Wildman–Crippen LogP) is 4.25. The molecule has 1 aliphatic heterocycles. The standard InChI is InChI=1S/C33H35N3O7S/c1-22-20-36(18-19-37)33(39)28-12-7-13-29(34-32(38)27-11-6-9-23-8-4-5-10-26(23)27)31(28)43-30(22)21-35(2)44(40,41)25-16-14-24(42-3)15-17-25/h4-17,22,30,37H,18-21H2,1-3H3,(H,34,38)/t22?,30-/m0/s1. The lowest BCUT2D eigenvalue weighted by Gasteiger charge is -2.36. The number of sulfonamides is 1. The summed E-state index contributed by atoms with van der Waals surface area (Å²) in [5.41, 5.74) is 0.930. The number of likely N-dealkylation sites (N-methyl/N-ethyl adjacent to an activating group) is 1. The largest absolute Gasteiger partial charge is 0.497 e. The number of fused-ring (bicyclic) bond motifs is 2. The molecule has 0 saturated heterocycles. The van der Waals surface area contributed by atoms with Crippen molar-refractivity contribution in [2.45, 2.75) is 17.9 Å². The fraction of sp³-hybridized carbons (Fsp3) is 0.273. The zero-order valence-corrected chi connectivity index (χ0v) is 25.6. The number of para-hydroxylation sites is 1. The molecule has 44 heavy (non-hydrogen) atoms. The van der Waals surface area contributed by atoms with Crippen LogP contribution < -0.4 is 14.8 Å². The summed E-state index contributed by atoms with van der Waals surface area (Å²) in [4.78, 5) is 28.8. The highest BCUT2D eigenvalue weighted by Gasteiger charge is 2.35. The van der Waals surface area contributed by atoms with E-state index in [1.807, 2.05) is 37.3 Å².